The van der Waals surface area contributed by atoms with E-state index in [1.807, 2.05) is 0 Å². The first kappa shape index (κ1) is 21.7. The lowest BCUT2D eigenvalue weighted by molar-refractivity contribution is -0.149. The smallest absolute Gasteiger partial charge is 0.340 e. The van der Waals surface area contributed by atoms with E-state index in [-0.39, 0.29) is 17.7 Å². The molecule has 2 aromatic rings. The van der Waals surface area contributed by atoms with Crippen LogP contribution in [0.15, 0.2) is 24.3 Å². The van der Waals surface area contributed by atoms with E-state index < -0.39 is 35.6 Å². The highest BCUT2D eigenvalue weighted by atomic mass is 19.1. The van der Waals surface area contributed by atoms with Gasteiger partial charge in [-0.25, -0.2) is 9.18 Å². The zero-order valence-corrected chi connectivity index (χ0v) is 17.5. The summed E-state index contributed by atoms with van der Waals surface area (Å²) in [6.45, 7) is 4.67. The summed E-state index contributed by atoms with van der Waals surface area (Å²) in [6, 6.07) is 6.19. The predicted octanol–water partition coefficient (Wildman–Crippen LogP) is 4.19. The number of aromatic nitrogens is 1. The van der Waals surface area contributed by atoms with Crippen molar-refractivity contribution < 1.29 is 28.2 Å². The summed E-state index contributed by atoms with van der Waals surface area (Å²) < 4.78 is 24.9. The molecule has 1 fully saturated rings. The van der Waals surface area contributed by atoms with Crippen LogP contribution in [0.1, 0.15) is 70.3 Å². The number of carbonyl (C=O) groups is 3. The first-order chi connectivity index (χ1) is 14.3. The van der Waals surface area contributed by atoms with Crippen LogP contribution >= 0.6 is 0 Å². The van der Waals surface area contributed by atoms with Gasteiger partial charge < -0.3 is 14.5 Å². The van der Waals surface area contributed by atoms with Crippen LogP contribution in [0.4, 0.5) is 4.39 Å². The van der Waals surface area contributed by atoms with E-state index >= 15 is 0 Å². The Hall–Kier alpha value is -2.96. The second kappa shape index (κ2) is 8.81. The van der Waals surface area contributed by atoms with E-state index in [0.717, 1.165) is 12.8 Å². The van der Waals surface area contributed by atoms with Crippen LogP contribution in [-0.2, 0) is 19.7 Å². The lowest BCUT2D eigenvalue weighted by Gasteiger charge is -2.27. The molecule has 1 aliphatic rings. The minimum atomic E-state index is -1.08. The molecule has 1 aromatic carbocycles. The van der Waals surface area contributed by atoms with Crippen molar-refractivity contribution >= 4 is 17.7 Å². The number of carbonyl (C=O) groups excluding carboxylic acids is 3. The van der Waals surface area contributed by atoms with E-state index in [2.05, 4.69) is 4.98 Å². The Bertz CT molecular complexity index is 972. The van der Waals surface area contributed by atoms with Crippen LogP contribution in [-0.4, -0.2) is 35.9 Å². The average molecular weight is 415 g/mol. The first-order valence-electron chi connectivity index (χ1n) is 10.1. The van der Waals surface area contributed by atoms with Crippen molar-refractivity contribution in [2.75, 3.05) is 13.2 Å². The van der Waals surface area contributed by atoms with Crippen LogP contribution in [0.3, 0.4) is 0 Å². The maximum absolute atomic E-state index is 14.5. The molecule has 0 saturated heterocycles. The zero-order chi connectivity index (χ0) is 21.9. The van der Waals surface area contributed by atoms with Gasteiger partial charge in [-0.05, 0) is 39.7 Å². The molecule has 0 amide bonds. The fraction of sp³-hybridized carbons (Fsp3) is 0.435. The molecular formula is C23H26FNO5. The summed E-state index contributed by atoms with van der Waals surface area (Å²) in [6.07, 6.45) is 2.50. The van der Waals surface area contributed by atoms with E-state index in [0.29, 0.717) is 29.8 Å². The number of hydrogen-bond acceptors (Lipinski definition) is 5. The number of ether oxygens (including phenoxy) is 2. The van der Waals surface area contributed by atoms with Gasteiger partial charge in [0.05, 0.1) is 23.1 Å². The highest BCUT2D eigenvalue weighted by Gasteiger charge is 2.46. The number of H-pyrrole nitrogens is 1. The van der Waals surface area contributed by atoms with Gasteiger partial charge in [0.15, 0.2) is 6.61 Å². The van der Waals surface area contributed by atoms with Crippen molar-refractivity contribution in [3.63, 3.8) is 0 Å². The summed E-state index contributed by atoms with van der Waals surface area (Å²) in [7, 11) is 0. The van der Waals surface area contributed by atoms with Crippen LogP contribution in [0.25, 0.3) is 0 Å². The largest absolute Gasteiger partial charge is 0.462 e. The third-order valence-corrected chi connectivity index (χ3v) is 5.71. The first-order valence-corrected chi connectivity index (χ1v) is 10.1. The molecule has 1 saturated carbocycles. The van der Waals surface area contributed by atoms with E-state index in [1.165, 1.54) is 6.07 Å². The van der Waals surface area contributed by atoms with Crippen molar-refractivity contribution in [2.24, 2.45) is 0 Å². The Morgan fingerprint density at radius 3 is 2.30 bits per heavy atom. The zero-order valence-electron chi connectivity index (χ0n) is 17.5. The van der Waals surface area contributed by atoms with Gasteiger partial charge in [-0.1, -0.05) is 31.0 Å². The standard InChI is InChI=1S/C23H26FNO5/c1-4-29-21(27)20-15(3)25-14(2)19(20)18(26)13-30-22(28)23(11-7-8-12-23)16-9-5-6-10-17(16)24/h5-6,9-10,25H,4,7-8,11-13H2,1-3H3. The molecule has 0 atom stereocenters. The van der Waals surface area contributed by atoms with Crippen molar-refractivity contribution in [1.82, 2.24) is 4.98 Å². The molecule has 1 aliphatic carbocycles. The van der Waals surface area contributed by atoms with E-state index in [9.17, 15) is 18.8 Å². The number of aromatic amines is 1. The fourth-order valence-electron chi connectivity index (χ4n) is 4.34. The summed E-state index contributed by atoms with van der Waals surface area (Å²) in [5, 5.41) is 0. The molecule has 0 aliphatic heterocycles. The van der Waals surface area contributed by atoms with Gasteiger partial charge in [0.2, 0.25) is 5.78 Å². The Kier molecular flexibility index (Phi) is 6.39. The molecule has 0 bridgehead atoms. The Morgan fingerprint density at radius 1 is 1.03 bits per heavy atom. The van der Waals surface area contributed by atoms with Crippen LogP contribution in [0.5, 0.6) is 0 Å². The highest BCUT2D eigenvalue weighted by molar-refractivity contribution is 6.09. The van der Waals surface area contributed by atoms with Gasteiger partial charge in [0.1, 0.15) is 5.82 Å². The number of esters is 2. The lowest BCUT2D eigenvalue weighted by atomic mass is 9.78. The van der Waals surface area contributed by atoms with Gasteiger partial charge in [-0.3, -0.25) is 9.59 Å². The summed E-state index contributed by atoms with van der Waals surface area (Å²) in [5.41, 5.74) is 0.546. The van der Waals surface area contributed by atoms with Gasteiger partial charge in [0, 0.05) is 17.0 Å². The van der Waals surface area contributed by atoms with Gasteiger partial charge >= 0.3 is 11.9 Å². The van der Waals surface area contributed by atoms with E-state index in [4.69, 9.17) is 9.47 Å². The maximum Gasteiger partial charge on any atom is 0.340 e. The third kappa shape index (κ3) is 3.88. The maximum atomic E-state index is 14.5. The number of rotatable bonds is 7. The van der Waals surface area contributed by atoms with Crippen LogP contribution in [0.2, 0.25) is 0 Å². The monoisotopic (exact) mass is 415 g/mol. The van der Waals surface area contributed by atoms with Gasteiger partial charge in [-0.2, -0.15) is 0 Å². The molecule has 3 rings (SSSR count). The summed E-state index contributed by atoms with van der Waals surface area (Å²) in [4.78, 5) is 41.1. The van der Waals surface area contributed by atoms with Crippen molar-refractivity contribution in [3.8, 4) is 0 Å². The molecular weight excluding hydrogens is 389 g/mol. The molecule has 1 aromatic heterocycles. The quantitative estimate of drug-likeness (QED) is 0.541. The molecule has 7 heteroatoms. The van der Waals surface area contributed by atoms with Crippen molar-refractivity contribution in [2.45, 2.75) is 51.9 Å². The fourth-order valence-corrected chi connectivity index (χ4v) is 4.34. The number of aryl methyl sites for hydroxylation is 2. The molecule has 0 spiro atoms. The van der Waals surface area contributed by atoms with Crippen molar-refractivity contribution in [1.29, 1.82) is 0 Å². The SMILES string of the molecule is CCOC(=O)c1c(C)[nH]c(C)c1C(=O)COC(=O)C1(c2ccccc2F)CCCC1. The van der Waals surface area contributed by atoms with E-state index in [1.54, 1.807) is 39.0 Å². The number of benzene rings is 1. The third-order valence-electron chi connectivity index (χ3n) is 5.71. The number of nitrogens with one attached hydrogen (secondary N) is 1. The minimum absolute atomic E-state index is 0.153. The predicted molar refractivity (Wildman–Crippen MR) is 108 cm³/mol. The Balaban J connectivity index is 1.82. The summed E-state index contributed by atoms with van der Waals surface area (Å²) >= 11 is 0. The minimum Gasteiger partial charge on any atom is -0.462 e. The number of ketones is 1. The molecule has 160 valence electrons. The number of halogens is 1. The topological polar surface area (TPSA) is 85.5 Å². The number of Topliss-reactive ketones (excluding diaryl/α,β-unsaturated/α-hetero) is 1. The van der Waals surface area contributed by atoms with Crippen LogP contribution < -0.4 is 0 Å². The molecule has 0 unspecified atom stereocenters. The molecule has 1 heterocycles. The normalized spacial score (nSPS) is 15.1. The second-order valence-corrected chi connectivity index (χ2v) is 7.61. The van der Waals surface area contributed by atoms with Gasteiger partial charge in [-0.15, -0.1) is 0 Å². The van der Waals surface area contributed by atoms with Crippen LogP contribution in [0, 0.1) is 19.7 Å². The number of hydrogen-bond donors (Lipinski definition) is 1. The van der Waals surface area contributed by atoms with Crippen molar-refractivity contribution in [3.05, 3.63) is 58.2 Å². The molecule has 30 heavy (non-hydrogen) atoms. The Labute approximate surface area is 174 Å². The highest BCUT2D eigenvalue weighted by Crippen LogP contribution is 2.43. The average Bonchev–Trinajstić information content (AvgIpc) is 3.31. The Morgan fingerprint density at radius 2 is 1.67 bits per heavy atom. The second-order valence-electron chi connectivity index (χ2n) is 7.61. The molecule has 6 nitrogen and oxygen atoms in total. The molecule has 1 N–H and O–H groups in total. The summed E-state index contributed by atoms with van der Waals surface area (Å²) in [5.74, 6) is -2.17. The van der Waals surface area contributed by atoms with Gasteiger partial charge in [0.25, 0.3) is 0 Å². The molecule has 0 radical (unpaired) electrons. The lowest BCUT2D eigenvalue weighted by Crippen LogP contribution is -2.36.